The van der Waals surface area contributed by atoms with Crippen molar-refractivity contribution in [2.75, 3.05) is 6.54 Å². The second-order valence-corrected chi connectivity index (χ2v) is 3.43. The molecule has 1 heterocycles. The van der Waals surface area contributed by atoms with Gasteiger partial charge in [-0.3, -0.25) is 0 Å². The molecule has 0 amide bonds. The molecule has 1 aromatic rings. The van der Waals surface area contributed by atoms with Crippen LogP contribution in [0.4, 0.5) is 0 Å². The smallest absolute Gasteiger partial charge is 0.109 e. The predicted octanol–water partition coefficient (Wildman–Crippen LogP) is 1.04. The lowest BCUT2D eigenvalue weighted by Crippen LogP contribution is -2.12. The molecule has 0 aliphatic carbocycles. The number of rotatable bonds is 4. The minimum atomic E-state index is 0.663. The van der Waals surface area contributed by atoms with Crippen LogP contribution in [-0.4, -0.2) is 16.1 Å². The first-order chi connectivity index (χ1) is 5.74. The fourth-order valence-corrected chi connectivity index (χ4v) is 1.26. The first kappa shape index (κ1) is 9.26. The van der Waals surface area contributed by atoms with Crippen molar-refractivity contribution in [1.82, 2.24) is 9.55 Å². The number of nitrogens with two attached hydrogens (primary N) is 1. The third-order valence-electron chi connectivity index (χ3n) is 1.73. The van der Waals surface area contributed by atoms with E-state index in [0.717, 1.165) is 18.8 Å². The summed E-state index contributed by atoms with van der Waals surface area (Å²) in [6, 6.07) is 0. The maximum atomic E-state index is 5.47. The van der Waals surface area contributed by atoms with Gasteiger partial charge in [0.15, 0.2) is 0 Å². The van der Waals surface area contributed by atoms with Crippen LogP contribution in [0.5, 0.6) is 0 Å². The van der Waals surface area contributed by atoms with Crippen LogP contribution in [-0.2, 0) is 13.0 Å². The number of aromatic nitrogens is 2. The molecular weight excluding hydrogens is 150 g/mol. The van der Waals surface area contributed by atoms with Crippen molar-refractivity contribution in [3.63, 3.8) is 0 Å². The first-order valence-corrected chi connectivity index (χ1v) is 4.44. The number of nitrogens with zero attached hydrogens (tertiary/aromatic N) is 2. The first-order valence-electron chi connectivity index (χ1n) is 4.44. The minimum Gasteiger partial charge on any atom is -0.335 e. The summed E-state index contributed by atoms with van der Waals surface area (Å²) < 4.78 is 2.18. The highest BCUT2D eigenvalue weighted by molar-refractivity contribution is 4.92. The largest absolute Gasteiger partial charge is 0.335 e. The molecular formula is C9H17N3. The molecule has 0 aliphatic heterocycles. The molecule has 3 nitrogen and oxygen atoms in total. The summed E-state index contributed by atoms with van der Waals surface area (Å²) in [4.78, 5) is 4.24. The monoisotopic (exact) mass is 167 g/mol. The Hall–Kier alpha value is -0.830. The summed E-state index contributed by atoms with van der Waals surface area (Å²) in [5, 5.41) is 0. The summed E-state index contributed by atoms with van der Waals surface area (Å²) in [5.41, 5.74) is 5.47. The Kier molecular flexibility index (Phi) is 3.29. The molecule has 0 radical (unpaired) electrons. The van der Waals surface area contributed by atoms with Gasteiger partial charge in [0.1, 0.15) is 5.82 Å². The maximum absolute atomic E-state index is 5.47. The number of hydrogen-bond donors (Lipinski definition) is 1. The van der Waals surface area contributed by atoms with Crippen molar-refractivity contribution in [1.29, 1.82) is 0 Å². The van der Waals surface area contributed by atoms with E-state index in [2.05, 4.69) is 23.4 Å². The zero-order chi connectivity index (χ0) is 8.97. The zero-order valence-electron chi connectivity index (χ0n) is 7.83. The van der Waals surface area contributed by atoms with E-state index < -0.39 is 0 Å². The molecule has 0 fully saturated rings. The van der Waals surface area contributed by atoms with Crippen LogP contribution >= 0.6 is 0 Å². The molecule has 1 aromatic heterocycles. The van der Waals surface area contributed by atoms with Gasteiger partial charge in [-0.25, -0.2) is 4.98 Å². The van der Waals surface area contributed by atoms with Crippen molar-refractivity contribution in [3.8, 4) is 0 Å². The molecule has 0 unspecified atom stereocenters. The van der Waals surface area contributed by atoms with E-state index in [-0.39, 0.29) is 0 Å². The average Bonchev–Trinajstić information content (AvgIpc) is 2.37. The van der Waals surface area contributed by atoms with Gasteiger partial charge >= 0.3 is 0 Å². The van der Waals surface area contributed by atoms with Gasteiger partial charge in [0.05, 0.1) is 0 Å². The quantitative estimate of drug-likeness (QED) is 0.728. The van der Waals surface area contributed by atoms with Crippen molar-refractivity contribution < 1.29 is 0 Å². The number of hydrogen-bond acceptors (Lipinski definition) is 2. The van der Waals surface area contributed by atoms with Gasteiger partial charge in [-0.15, -0.1) is 0 Å². The fraction of sp³-hybridized carbons (Fsp3) is 0.667. The predicted molar refractivity (Wildman–Crippen MR) is 49.8 cm³/mol. The summed E-state index contributed by atoms with van der Waals surface area (Å²) in [5.74, 6) is 1.77. The van der Waals surface area contributed by atoms with E-state index in [1.54, 1.807) is 0 Å². The van der Waals surface area contributed by atoms with Gasteiger partial charge in [-0.05, 0) is 12.5 Å². The SMILES string of the molecule is CC(C)Cn1ccnc1CCN. The summed E-state index contributed by atoms with van der Waals surface area (Å²) in [7, 11) is 0. The molecule has 0 aromatic carbocycles. The van der Waals surface area contributed by atoms with E-state index >= 15 is 0 Å². The third-order valence-corrected chi connectivity index (χ3v) is 1.73. The summed E-state index contributed by atoms with van der Waals surface area (Å²) in [6.07, 6.45) is 4.73. The maximum Gasteiger partial charge on any atom is 0.109 e. The topological polar surface area (TPSA) is 43.8 Å². The molecule has 0 spiro atoms. The van der Waals surface area contributed by atoms with Crippen LogP contribution in [0.3, 0.4) is 0 Å². The van der Waals surface area contributed by atoms with E-state index in [4.69, 9.17) is 5.73 Å². The molecule has 0 atom stereocenters. The molecule has 2 N–H and O–H groups in total. The summed E-state index contributed by atoms with van der Waals surface area (Å²) >= 11 is 0. The van der Waals surface area contributed by atoms with Crippen LogP contribution in [0.15, 0.2) is 12.4 Å². The van der Waals surface area contributed by atoms with Crippen molar-refractivity contribution in [2.24, 2.45) is 11.7 Å². The van der Waals surface area contributed by atoms with Crippen LogP contribution in [0.2, 0.25) is 0 Å². The molecule has 0 aliphatic rings. The van der Waals surface area contributed by atoms with Crippen molar-refractivity contribution in [2.45, 2.75) is 26.8 Å². The second-order valence-electron chi connectivity index (χ2n) is 3.43. The van der Waals surface area contributed by atoms with E-state index in [1.807, 2.05) is 12.4 Å². The Labute approximate surface area is 73.6 Å². The Balaban J connectivity index is 2.63. The van der Waals surface area contributed by atoms with Crippen molar-refractivity contribution in [3.05, 3.63) is 18.2 Å². The Morgan fingerprint density at radius 2 is 2.33 bits per heavy atom. The van der Waals surface area contributed by atoms with Gasteiger partial charge in [0.25, 0.3) is 0 Å². The van der Waals surface area contributed by atoms with Crippen LogP contribution in [0, 0.1) is 5.92 Å². The van der Waals surface area contributed by atoms with Crippen LogP contribution in [0.1, 0.15) is 19.7 Å². The Bertz CT molecular complexity index is 227. The molecule has 0 bridgehead atoms. The van der Waals surface area contributed by atoms with Gasteiger partial charge < -0.3 is 10.3 Å². The second kappa shape index (κ2) is 4.26. The average molecular weight is 167 g/mol. The normalized spacial score (nSPS) is 11.0. The van der Waals surface area contributed by atoms with Gasteiger partial charge in [-0.2, -0.15) is 0 Å². The lowest BCUT2D eigenvalue weighted by molar-refractivity contribution is 0.507. The van der Waals surface area contributed by atoms with Gasteiger partial charge in [-0.1, -0.05) is 13.8 Å². The molecule has 68 valence electrons. The highest BCUT2D eigenvalue weighted by Crippen LogP contribution is 2.03. The number of imidazole rings is 1. The lowest BCUT2D eigenvalue weighted by Gasteiger charge is -2.09. The van der Waals surface area contributed by atoms with Gasteiger partial charge in [0.2, 0.25) is 0 Å². The molecule has 1 rings (SSSR count). The highest BCUT2D eigenvalue weighted by atomic mass is 15.1. The third kappa shape index (κ3) is 2.34. The summed E-state index contributed by atoms with van der Waals surface area (Å²) in [6.45, 7) is 6.11. The zero-order valence-corrected chi connectivity index (χ0v) is 7.83. The van der Waals surface area contributed by atoms with E-state index in [1.165, 1.54) is 0 Å². The molecule has 12 heavy (non-hydrogen) atoms. The fourth-order valence-electron chi connectivity index (χ4n) is 1.26. The van der Waals surface area contributed by atoms with Crippen LogP contribution in [0.25, 0.3) is 0 Å². The Morgan fingerprint density at radius 3 is 2.92 bits per heavy atom. The Morgan fingerprint density at radius 1 is 1.58 bits per heavy atom. The lowest BCUT2D eigenvalue weighted by atomic mass is 10.2. The van der Waals surface area contributed by atoms with Crippen LogP contribution < -0.4 is 5.73 Å². The molecule has 0 saturated carbocycles. The minimum absolute atomic E-state index is 0.663. The van der Waals surface area contributed by atoms with E-state index in [0.29, 0.717) is 12.5 Å². The van der Waals surface area contributed by atoms with Gasteiger partial charge in [0, 0.05) is 25.4 Å². The van der Waals surface area contributed by atoms with Crippen molar-refractivity contribution >= 4 is 0 Å². The highest BCUT2D eigenvalue weighted by Gasteiger charge is 2.02. The van der Waals surface area contributed by atoms with E-state index in [9.17, 15) is 0 Å². The standard InChI is InChI=1S/C9H17N3/c1-8(2)7-12-6-5-11-9(12)3-4-10/h5-6,8H,3-4,7,10H2,1-2H3. The molecule has 3 heteroatoms. The molecule has 0 saturated heterocycles.